The van der Waals surface area contributed by atoms with Gasteiger partial charge in [0.05, 0.1) is 0 Å². The van der Waals surface area contributed by atoms with Gasteiger partial charge in [-0.15, -0.1) is 0 Å². The van der Waals surface area contributed by atoms with Crippen LogP contribution in [-0.4, -0.2) is 32.1 Å². The highest BCUT2D eigenvalue weighted by Gasteiger charge is 2.18. The van der Waals surface area contributed by atoms with E-state index in [-0.39, 0.29) is 0 Å². The summed E-state index contributed by atoms with van der Waals surface area (Å²) in [5.41, 5.74) is 2.90. The van der Waals surface area contributed by atoms with E-state index < -0.39 is 0 Å². The fourth-order valence-corrected chi connectivity index (χ4v) is 2.54. The molecule has 2 heteroatoms. The molecule has 1 aliphatic heterocycles. The predicted molar refractivity (Wildman–Crippen MR) is 74.6 cm³/mol. The Morgan fingerprint density at radius 3 is 2.35 bits per heavy atom. The van der Waals surface area contributed by atoms with Crippen LogP contribution in [0.15, 0.2) is 24.3 Å². The fraction of sp³-hybridized carbons (Fsp3) is 0.600. The maximum atomic E-state index is 2.55. The first-order valence-corrected chi connectivity index (χ1v) is 6.70. The molecule has 1 aromatic rings. The van der Waals surface area contributed by atoms with E-state index in [1.165, 1.54) is 43.6 Å². The molecule has 0 saturated carbocycles. The molecule has 0 unspecified atom stereocenters. The van der Waals surface area contributed by atoms with E-state index >= 15 is 0 Å². The average Bonchev–Trinajstić information content (AvgIpc) is 2.39. The molecule has 0 aliphatic carbocycles. The van der Waals surface area contributed by atoms with Gasteiger partial charge in [-0.2, -0.15) is 0 Å². The van der Waals surface area contributed by atoms with Crippen LogP contribution in [-0.2, 0) is 0 Å². The van der Waals surface area contributed by atoms with E-state index in [4.69, 9.17) is 0 Å². The highest BCUT2D eigenvalue weighted by molar-refractivity contribution is 5.55. The van der Waals surface area contributed by atoms with Gasteiger partial charge in [-0.25, -0.2) is 0 Å². The van der Waals surface area contributed by atoms with Crippen LogP contribution in [0, 0.1) is 0 Å². The zero-order valence-electron chi connectivity index (χ0n) is 11.3. The number of piperidine rings is 1. The Morgan fingerprint density at radius 2 is 1.71 bits per heavy atom. The van der Waals surface area contributed by atoms with Crippen molar-refractivity contribution in [2.75, 3.05) is 32.1 Å². The van der Waals surface area contributed by atoms with Crippen molar-refractivity contribution < 1.29 is 0 Å². The van der Waals surface area contributed by atoms with E-state index in [0.717, 1.165) is 0 Å². The summed E-state index contributed by atoms with van der Waals surface area (Å²) in [6.07, 6.45) is 4.07. The second kappa shape index (κ2) is 5.54. The minimum absolute atomic E-state index is 0.480. The van der Waals surface area contributed by atoms with Gasteiger partial charge in [0.25, 0.3) is 0 Å². The summed E-state index contributed by atoms with van der Waals surface area (Å²) in [5, 5.41) is 0. The maximum absolute atomic E-state index is 2.55. The van der Waals surface area contributed by atoms with Crippen LogP contribution < -0.4 is 4.90 Å². The maximum Gasteiger partial charge on any atom is 0.0414 e. The SMILES string of the molecule is C[C@H](c1ccccc1N1CCCCC1)N(C)C. The molecule has 0 spiro atoms. The Labute approximate surface area is 105 Å². The van der Waals surface area contributed by atoms with Crippen molar-refractivity contribution in [1.29, 1.82) is 0 Å². The van der Waals surface area contributed by atoms with Crippen molar-refractivity contribution in [2.24, 2.45) is 0 Å². The number of para-hydroxylation sites is 1. The van der Waals surface area contributed by atoms with Gasteiger partial charge < -0.3 is 9.80 Å². The van der Waals surface area contributed by atoms with Crippen LogP contribution in [0.1, 0.15) is 37.8 Å². The molecule has 17 heavy (non-hydrogen) atoms. The quantitative estimate of drug-likeness (QED) is 0.789. The van der Waals surface area contributed by atoms with Gasteiger partial charge >= 0.3 is 0 Å². The molecular weight excluding hydrogens is 208 g/mol. The fourth-order valence-electron chi connectivity index (χ4n) is 2.54. The first-order valence-electron chi connectivity index (χ1n) is 6.70. The number of nitrogens with zero attached hydrogens (tertiary/aromatic N) is 2. The van der Waals surface area contributed by atoms with E-state index in [1.54, 1.807) is 0 Å². The van der Waals surface area contributed by atoms with Crippen molar-refractivity contribution in [3.63, 3.8) is 0 Å². The zero-order chi connectivity index (χ0) is 12.3. The summed E-state index contributed by atoms with van der Waals surface area (Å²) in [7, 11) is 4.30. The van der Waals surface area contributed by atoms with Crippen LogP contribution in [0.3, 0.4) is 0 Å². The molecule has 94 valence electrons. The van der Waals surface area contributed by atoms with Gasteiger partial charge in [-0.05, 0) is 51.9 Å². The molecule has 0 amide bonds. The lowest BCUT2D eigenvalue weighted by Crippen LogP contribution is -2.31. The molecule has 2 rings (SSSR count). The first kappa shape index (κ1) is 12.4. The summed E-state index contributed by atoms with van der Waals surface area (Å²) in [6, 6.07) is 9.35. The van der Waals surface area contributed by atoms with Crippen molar-refractivity contribution in [3.8, 4) is 0 Å². The minimum Gasteiger partial charge on any atom is -0.371 e. The molecule has 1 aromatic carbocycles. The molecule has 1 heterocycles. The number of hydrogen-bond donors (Lipinski definition) is 0. The van der Waals surface area contributed by atoms with E-state index in [9.17, 15) is 0 Å². The second-order valence-electron chi connectivity index (χ2n) is 5.25. The molecule has 0 bridgehead atoms. The second-order valence-corrected chi connectivity index (χ2v) is 5.25. The van der Waals surface area contributed by atoms with Crippen molar-refractivity contribution in [1.82, 2.24) is 4.90 Å². The van der Waals surface area contributed by atoms with Gasteiger partial charge in [-0.1, -0.05) is 18.2 Å². The van der Waals surface area contributed by atoms with Crippen LogP contribution in [0.25, 0.3) is 0 Å². The van der Waals surface area contributed by atoms with Gasteiger partial charge in [0.15, 0.2) is 0 Å². The third-order valence-corrected chi connectivity index (χ3v) is 3.86. The van der Waals surface area contributed by atoms with Gasteiger partial charge in [0.1, 0.15) is 0 Å². The van der Waals surface area contributed by atoms with Crippen molar-refractivity contribution >= 4 is 5.69 Å². The molecular formula is C15H24N2. The molecule has 0 N–H and O–H groups in total. The van der Waals surface area contributed by atoms with E-state index in [2.05, 4.69) is 55.1 Å². The molecule has 1 atom stereocenters. The van der Waals surface area contributed by atoms with E-state index in [0.29, 0.717) is 6.04 Å². The lowest BCUT2D eigenvalue weighted by molar-refractivity contribution is 0.321. The van der Waals surface area contributed by atoms with E-state index in [1.807, 2.05) is 0 Å². The molecule has 1 aliphatic rings. The number of hydrogen-bond acceptors (Lipinski definition) is 2. The highest BCUT2D eigenvalue weighted by atomic mass is 15.1. The topological polar surface area (TPSA) is 6.48 Å². The van der Waals surface area contributed by atoms with Crippen LogP contribution in [0.5, 0.6) is 0 Å². The standard InChI is InChI=1S/C15H24N2/c1-13(16(2)3)14-9-5-6-10-15(14)17-11-7-4-8-12-17/h5-6,9-10,13H,4,7-8,11-12H2,1-3H3/t13-/m1/s1. The smallest absolute Gasteiger partial charge is 0.0414 e. The molecule has 1 fully saturated rings. The summed E-state index contributed by atoms with van der Waals surface area (Å²) >= 11 is 0. The van der Waals surface area contributed by atoms with Crippen LogP contribution in [0.4, 0.5) is 5.69 Å². The predicted octanol–water partition coefficient (Wildman–Crippen LogP) is 3.30. The van der Waals surface area contributed by atoms with Crippen molar-refractivity contribution in [3.05, 3.63) is 29.8 Å². The molecule has 0 aromatic heterocycles. The van der Waals surface area contributed by atoms with Gasteiger partial charge in [0, 0.05) is 24.8 Å². The summed E-state index contributed by atoms with van der Waals surface area (Å²) in [4.78, 5) is 4.83. The summed E-state index contributed by atoms with van der Waals surface area (Å²) in [6.45, 7) is 4.72. The Kier molecular flexibility index (Phi) is 4.06. The molecule has 2 nitrogen and oxygen atoms in total. The minimum atomic E-state index is 0.480. The third-order valence-electron chi connectivity index (χ3n) is 3.86. The number of benzene rings is 1. The van der Waals surface area contributed by atoms with Crippen LogP contribution >= 0.6 is 0 Å². The Morgan fingerprint density at radius 1 is 1.06 bits per heavy atom. The highest BCUT2D eigenvalue weighted by Crippen LogP contribution is 2.30. The normalized spacial score (nSPS) is 18.5. The lowest BCUT2D eigenvalue weighted by Gasteiger charge is -2.33. The first-order chi connectivity index (χ1) is 8.20. The summed E-state index contributed by atoms with van der Waals surface area (Å²) in [5.74, 6) is 0. The molecule has 1 saturated heterocycles. The molecule has 0 radical (unpaired) electrons. The third kappa shape index (κ3) is 2.81. The van der Waals surface area contributed by atoms with Crippen molar-refractivity contribution in [2.45, 2.75) is 32.2 Å². The van der Waals surface area contributed by atoms with Gasteiger partial charge in [0.2, 0.25) is 0 Å². The Bertz CT molecular complexity index is 354. The average molecular weight is 232 g/mol. The largest absolute Gasteiger partial charge is 0.371 e. The van der Waals surface area contributed by atoms with Crippen LogP contribution in [0.2, 0.25) is 0 Å². The zero-order valence-corrected chi connectivity index (χ0v) is 11.3. The monoisotopic (exact) mass is 232 g/mol. The number of anilines is 1. The van der Waals surface area contributed by atoms with Gasteiger partial charge in [-0.3, -0.25) is 0 Å². The Hall–Kier alpha value is -1.02. The Balaban J connectivity index is 2.26. The lowest BCUT2D eigenvalue weighted by atomic mass is 10.0. The summed E-state index contributed by atoms with van der Waals surface area (Å²) < 4.78 is 0. The number of rotatable bonds is 3.